The van der Waals surface area contributed by atoms with Gasteiger partial charge in [0.1, 0.15) is 0 Å². The fourth-order valence-corrected chi connectivity index (χ4v) is 5.32. The highest BCUT2D eigenvalue weighted by molar-refractivity contribution is 7.80. The third-order valence-corrected chi connectivity index (χ3v) is 7.68. The number of nitrogens with one attached hydrogen (secondary N) is 1. The summed E-state index contributed by atoms with van der Waals surface area (Å²) in [5.74, 6) is 0. The van der Waals surface area contributed by atoms with Crippen LogP contribution in [0, 0.1) is 0 Å². The predicted octanol–water partition coefficient (Wildman–Crippen LogP) is 4.53. The average Bonchev–Trinajstić information content (AvgIpc) is 3.12. The van der Waals surface area contributed by atoms with E-state index in [9.17, 15) is 0 Å². The maximum Gasteiger partial charge on any atom is 0.173 e. The van der Waals surface area contributed by atoms with Crippen LogP contribution >= 0.6 is 23.6 Å². The van der Waals surface area contributed by atoms with Crippen molar-refractivity contribution in [3.63, 3.8) is 0 Å². The molecular formula is C22H33N5S2. The van der Waals surface area contributed by atoms with E-state index in [1.807, 2.05) is 0 Å². The quantitative estimate of drug-likeness (QED) is 0.704. The zero-order valence-corrected chi connectivity index (χ0v) is 19.8. The Morgan fingerprint density at radius 2 is 1.72 bits per heavy atom. The molecule has 2 aliphatic rings. The standard InChI is InChI=1S/C22H33N5S2/c1-22(2,3)20-23-17-14-18(26-8-6-5-7-9-26)16(15-19(17)29-20)24-21(28)27-12-10-25(4)11-13-27/h14-15H,5-13H2,1-4H3,(H,24,28). The molecule has 0 amide bonds. The number of thiazole rings is 1. The smallest absolute Gasteiger partial charge is 0.173 e. The Hall–Kier alpha value is -1.44. The minimum Gasteiger partial charge on any atom is -0.370 e. The van der Waals surface area contributed by atoms with E-state index in [2.05, 4.69) is 60.0 Å². The van der Waals surface area contributed by atoms with Crippen LogP contribution < -0.4 is 10.2 Å². The number of aromatic nitrogens is 1. The van der Waals surface area contributed by atoms with Crippen LogP contribution in [-0.2, 0) is 5.41 Å². The summed E-state index contributed by atoms with van der Waals surface area (Å²) < 4.78 is 1.24. The van der Waals surface area contributed by atoms with Gasteiger partial charge in [0.2, 0.25) is 0 Å². The highest BCUT2D eigenvalue weighted by Crippen LogP contribution is 2.38. The minimum atomic E-state index is 0.0672. The van der Waals surface area contributed by atoms with Crippen molar-refractivity contribution in [1.29, 1.82) is 0 Å². The van der Waals surface area contributed by atoms with Crippen LogP contribution in [0.25, 0.3) is 10.2 Å². The lowest BCUT2D eigenvalue weighted by atomic mass is 9.98. The fraction of sp³-hybridized carbons (Fsp3) is 0.636. The molecule has 1 aromatic carbocycles. The molecule has 4 rings (SSSR count). The lowest BCUT2D eigenvalue weighted by Crippen LogP contribution is -2.48. The predicted molar refractivity (Wildman–Crippen MR) is 130 cm³/mol. The van der Waals surface area contributed by atoms with Gasteiger partial charge in [-0.15, -0.1) is 11.3 Å². The molecule has 0 unspecified atom stereocenters. The van der Waals surface area contributed by atoms with Crippen molar-refractivity contribution in [2.75, 3.05) is 56.5 Å². The molecule has 0 spiro atoms. The maximum absolute atomic E-state index is 5.81. The first-order valence-corrected chi connectivity index (χ1v) is 12.0. The SMILES string of the molecule is CN1CCN(C(=S)Nc2cc3sc(C(C)(C)C)nc3cc2N2CCCCC2)CC1. The van der Waals surface area contributed by atoms with Gasteiger partial charge in [0.05, 0.1) is 26.6 Å². The minimum absolute atomic E-state index is 0.0672. The summed E-state index contributed by atoms with van der Waals surface area (Å²) in [6, 6.07) is 4.55. The molecular weight excluding hydrogens is 398 g/mol. The third kappa shape index (κ3) is 4.67. The molecule has 5 nitrogen and oxygen atoms in total. The Kier molecular flexibility index (Phi) is 6.00. The lowest BCUT2D eigenvalue weighted by Gasteiger charge is -2.35. The first-order valence-electron chi connectivity index (χ1n) is 10.8. The molecule has 0 bridgehead atoms. The zero-order valence-electron chi connectivity index (χ0n) is 18.1. The topological polar surface area (TPSA) is 34.6 Å². The monoisotopic (exact) mass is 431 g/mol. The Morgan fingerprint density at radius 3 is 2.38 bits per heavy atom. The van der Waals surface area contributed by atoms with Crippen LogP contribution in [0.15, 0.2) is 12.1 Å². The fourth-order valence-electron chi connectivity index (χ4n) is 3.98. The highest BCUT2D eigenvalue weighted by atomic mass is 32.1. The van der Waals surface area contributed by atoms with E-state index >= 15 is 0 Å². The van der Waals surface area contributed by atoms with Crippen LogP contribution in [0.2, 0.25) is 0 Å². The summed E-state index contributed by atoms with van der Waals surface area (Å²) >= 11 is 7.61. The third-order valence-electron chi connectivity index (χ3n) is 5.88. The molecule has 3 heterocycles. The van der Waals surface area contributed by atoms with Gasteiger partial charge in [0.15, 0.2) is 5.11 Å². The largest absolute Gasteiger partial charge is 0.370 e. The Morgan fingerprint density at radius 1 is 1.03 bits per heavy atom. The van der Waals surface area contributed by atoms with Crippen molar-refractivity contribution in [3.8, 4) is 0 Å². The molecule has 1 N–H and O–H groups in total. The molecule has 0 atom stereocenters. The Labute approximate surface area is 184 Å². The number of nitrogens with zero attached hydrogens (tertiary/aromatic N) is 4. The molecule has 0 radical (unpaired) electrons. The van der Waals surface area contributed by atoms with E-state index in [1.165, 1.54) is 34.7 Å². The number of piperidine rings is 1. The van der Waals surface area contributed by atoms with Crippen LogP contribution in [0.3, 0.4) is 0 Å². The molecule has 29 heavy (non-hydrogen) atoms. The van der Waals surface area contributed by atoms with Crippen molar-refractivity contribution in [2.45, 2.75) is 45.4 Å². The van der Waals surface area contributed by atoms with Gasteiger partial charge in [-0.3, -0.25) is 0 Å². The van der Waals surface area contributed by atoms with Crippen LogP contribution in [0.1, 0.15) is 45.0 Å². The van der Waals surface area contributed by atoms with Crippen LogP contribution in [-0.4, -0.2) is 66.2 Å². The maximum atomic E-state index is 5.81. The molecule has 158 valence electrons. The van der Waals surface area contributed by atoms with E-state index in [0.29, 0.717) is 0 Å². The van der Waals surface area contributed by atoms with E-state index in [4.69, 9.17) is 17.2 Å². The number of fused-ring (bicyclic) bond motifs is 1. The van der Waals surface area contributed by atoms with Crippen molar-refractivity contribution in [1.82, 2.24) is 14.8 Å². The van der Waals surface area contributed by atoms with E-state index in [1.54, 1.807) is 11.3 Å². The molecule has 2 fully saturated rings. The number of piperazine rings is 1. The summed E-state index contributed by atoms with van der Waals surface area (Å²) in [5, 5.41) is 5.64. The summed E-state index contributed by atoms with van der Waals surface area (Å²) in [6.45, 7) is 13.0. The number of benzene rings is 1. The van der Waals surface area contributed by atoms with Gasteiger partial charge in [0, 0.05) is 44.7 Å². The zero-order chi connectivity index (χ0) is 20.6. The van der Waals surface area contributed by atoms with Gasteiger partial charge in [-0.25, -0.2) is 4.98 Å². The number of rotatable bonds is 2. The Balaban J connectivity index is 1.66. The molecule has 0 aliphatic carbocycles. The van der Waals surface area contributed by atoms with Gasteiger partial charge in [-0.2, -0.15) is 0 Å². The van der Waals surface area contributed by atoms with Gasteiger partial charge in [-0.05, 0) is 50.7 Å². The molecule has 0 saturated carbocycles. The average molecular weight is 432 g/mol. The normalized spacial score (nSPS) is 19.0. The van der Waals surface area contributed by atoms with Crippen molar-refractivity contribution in [3.05, 3.63) is 17.1 Å². The van der Waals surface area contributed by atoms with Crippen molar-refractivity contribution >= 4 is 50.3 Å². The second-order valence-electron chi connectivity index (χ2n) is 9.37. The number of anilines is 2. The van der Waals surface area contributed by atoms with Gasteiger partial charge >= 0.3 is 0 Å². The van der Waals surface area contributed by atoms with E-state index < -0.39 is 0 Å². The summed E-state index contributed by atoms with van der Waals surface area (Å²) in [5.41, 5.74) is 3.56. The lowest BCUT2D eigenvalue weighted by molar-refractivity contribution is 0.217. The number of hydrogen-bond donors (Lipinski definition) is 1. The number of hydrogen-bond acceptors (Lipinski definition) is 5. The molecule has 2 aromatic rings. The van der Waals surface area contributed by atoms with Crippen molar-refractivity contribution in [2.24, 2.45) is 0 Å². The van der Waals surface area contributed by atoms with Crippen molar-refractivity contribution < 1.29 is 0 Å². The first-order chi connectivity index (χ1) is 13.8. The highest BCUT2D eigenvalue weighted by Gasteiger charge is 2.23. The second-order valence-corrected chi connectivity index (χ2v) is 10.8. The summed E-state index contributed by atoms with van der Waals surface area (Å²) in [4.78, 5) is 12.1. The molecule has 2 aliphatic heterocycles. The number of likely N-dealkylation sites (N-methyl/N-ethyl adjacent to an activating group) is 1. The summed E-state index contributed by atoms with van der Waals surface area (Å²) in [7, 11) is 2.17. The molecule has 2 saturated heterocycles. The van der Waals surface area contributed by atoms with Crippen LogP contribution in [0.5, 0.6) is 0 Å². The van der Waals surface area contributed by atoms with Gasteiger partial charge in [0.25, 0.3) is 0 Å². The molecule has 1 aromatic heterocycles. The van der Waals surface area contributed by atoms with Crippen LogP contribution in [0.4, 0.5) is 11.4 Å². The second kappa shape index (κ2) is 8.36. The molecule has 7 heteroatoms. The summed E-state index contributed by atoms with van der Waals surface area (Å²) in [6.07, 6.45) is 3.83. The van der Waals surface area contributed by atoms with Gasteiger partial charge < -0.3 is 20.0 Å². The van der Waals surface area contributed by atoms with E-state index in [-0.39, 0.29) is 5.41 Å². The van der Waals surface area contributed by atoms with E-state index in [0.717, 1.165) is 55.6 Å². The Bertz CT molecular complexity index is 871. The number of thiocarbonyl (C=S) groups is 1. The van der Waals surface area contributed by atoms with Gasteiger partial charge in [-0.1, -0.05) is 20.8 Å². The first kappa shape index (κ1) is 20.8.